The standard InChI is InChI=1S/C22H25N3O4/c1-16-4-6-17(7-5-16)15-23-20(27)22(8-9-22)21(28)25-12-10-24(11-13-25)19(26)18-3-2-14-29-18/h2-7,14H,8-13,15H2,1H3,(H,23,27). The van der Waals surface area contributed by atoms with Crippen LogP contribution in [-0.2, 0) is 16.1 Å². The molecule has 0 spiro atoms. The van der Waals surface area contributed by atoms with E-state index in [0.717, 1.165) is 5.56 Å². The number of aryl methyl sites for hydroxylation is 1. The summed E-state index contributed by atoms with van der Waals surface area (Å²) >= 11 is 0. The zero-order chi connectivity index (χ0) is 20.4. The number of hydrogen-bond acceptors (Lipinski definition) is 4. The lowest BCUT2D eigenvalue weighted by Gasteiger charge is -2.36. The minimum atomic E-state index is -0.933. The number of nitrogens with zero attached hydrogens (tertiary/aromatic N) is 2. The summed E-state index contributed by atoms with van der Waals surface area (Å²) in [5.41, 5.74) is 1.24. The van der Waals surface area contributed by atoms with E-state index in [9.17, 15) is 14.4 Å². The SMILES string of the molecule is Cc1ccc(CNC(=O)C2(C(=O)N3CCN(C(=O)c4ccco4)CC3)CC2)cc1. The van der Waals surface area contributed by atoms with E-state index >= 15 is 0 Å². The van der Waals surface area contributed by atoms with Crippen LogP contribution in [0.5, 0.6) is 0 Å². The van der Waals surface area contributed by atoms with E-state index in [0.29, 0.717) is 51.3 Å². The normalized spacial score (nSPS) is 17.7. The van der Waals surface area contributed by atoms with Gasteiger partial charge in [-0.15, -0.1) is 0 Å². The lowest BCUT2D eigenvalue weighted by molar-refractivity contribution is -0.145. The summed E-state index contributed by atoms with van der Waals surface area (Å²) < 4.78 is 5.16. The highest BCUT2D eigenvalue weighted by Gasteiger charge is 2.58. The van der Waals surface area contributed by atoms with Crippen LogP contribution < -0.4 is 5.32 Å². The van der Waals surface area contributed by atoms with Gasteiger partial charge in [0.15, 0.2) is 5.76 Å². The van der Waals surface area contributed by atoms with Crippen LogP contribution in [0.2, 0.25) is 0 Å². The predicted molar refractivity (Wildman–Crippen MR) is 106 cm³/mol. The van der Waals surface area contributed by atoms with Crippen LogP contribution >= 0.6 is 0 Å². The summed E-state index contributed by atoms with van der Waals surface area (Å²) in [5.74, 6) is -0.181. The van der Waals surface area contributed by atoms with Gasteiger partial charge >= 0.3 is 0 Å². The first-order valence-electron chi connectivity index (χ1n) is 9.96. The van der Waals surface area contributed by atoms with Crippen molar-refractivity contribution in [2.45, 2.75) is 26.3 Å². The molecule has 2 aromatic rings. The molecule has 1 aliphatic carbocycles. The molecule has 3 amide bonds. The number of furan rings is 1. The van der Waals surface area contributed by atoms with E-state index in [4.69, 9.17) is 4.42 Å². The van der Waals surface area contributed by atoms with E-state index in [1.54, 1.807) is 21.9 Å². The maximum atomic E-state index is 13.0. The summed E-state index contributed by atoms with van der Waals surface area (Å²) in [6.07, 6.45) is 2.63. The van der Waals surface area contributed by atoms with Crippen LogP contribution in [0.15, 0.2) is 47.1 Å². The number of piperazine rings is 1. The Bertz CT molecular complexity index is 893. The molecular weight excluding hydrogens is 370 g/mol. The molecule has 0 radical (unpaired) electrons. The fourth-order valence-corrected chi connectivity index (χ4v) is 3.69. The Morgan fingerprint density at radius 2 is 1.66 bits per heavy atom. The molecule has 1 aromatic heterocycles. The molecular formula is C22H25N3O4. The number of benzene rings is 1. The molecule has 7 nitrogen and oxygen atoms in total. The van der Waals surface area contributed by atoms with Gasteiger partial charge in [0.05, 0.1) is 6.26 Å². The van der Waals surface area contributed by atoms with Gasteiger partial charge in [0.2, 0.25) is 11.8 Å². The quantitative estimate of drug-likeness (QED) is 0.785. The van der Waals surface area contributed by atoms with Crippen molar-refractivity contribution in [3.63, 3.8) is 0 Å². The molecule has 1 aromatic carbocycles. The molecule has 0 unspecified atom stereocenters. The summed E-state index contributed by atoms with van der Waals surface area (Å²) in [4.78, 5) is 41.5. The van der Waals surface area contributed by atoms with Crippen LogP contribution in [0.4, 0.5) is 0 Å². The Morgan fingerprint density at radius 3 is 2.24 bits per heavy atom. The highest BCUT2D eigenvalue weighted by molar-refractivity contribution is 6.08. The average molecular weight is 395 g/mol. The van der Waals surface area contributed by atoms with Crippen molar-refractivity contribution in [3.8, 4) is 0 Å². The Kier molecular flexibility index (Phi) is 5.13. The summed E-state index contributed by atoms with van der Waals surface area (Å²) in [5, 5.41) is 2.92. The van der Waals surface area contributed by atoms with Gasteiger partial charge in [-0.1, -0.05) is 29.8 Å². The van der Waals surface area contributed by atoms with Gasteiger partial charge in [-0.25, -0.2) is 0 Å². The van der Waals surface area contributed by atoms with Gasteiger partial charge in [0.25, 0.3) is 5.91 Å². The number of hydrogen-bond donors (Lipinski definition) is 1. The average Bonchev–Trinajstić information content (AvgIpc) is 3.38. The van der Waals surface area contributed by atoms with Crippen molar-refractivity contribution in [1.29, 1.82) is 0 Å². The number of nitrogens with one attached hydrogen (secondary N) is 1. The zero-order valence-electron chi connectivity index (χ0n) is 16.5. The lowest BCUT2D eigenvalue weighted by Crippen LogP contribution is -2.54. The zero-order valence-corrected chi connectivity index (χ0v) is 16.5. The Balaban J connectivity index is 1.31. The molecule has 0 bridgehead atoms. The summed E-state index contributed by atoms with van der Waals surface area (Å²) in [6, 6.07) is 11.3. The monoisotopic (exact) mass is 395 g/mol. The third-order valence-corrected chi connectivity index (χ3v) is 5.75. The summed E-state index contributed by atoms with van der Waals surface area (Å²) in [6.45, 7) is 4.16. The number of carbonyl (C=O) groups excluding carboxylic acids is 3. The lowest BCUT2D eigenvalue weighted by atomic mass is 10.0. The van der Waals surface area contributed by atoms with E-state index in [-0.39, 0.29) is 17.7 Å². The van der Waals surface area contributed by atoms with E-state index in [1.807, 2.05) is 31.2 Å². The molecule has 0 atom stereocenters. The van der Waals surface area contributed by atoms with Crippen molar-refractivity contribution < 1.29 is 18.8 Å². The molecule has 2 heterocycles. The molecule has 29 heavy (non-hydrogen) atoms. The van der Waals surface area contributed by atoms with Crippen LogP contribution in [-0.4, -0.2) is 53.7 Å². The Labute approximate surface area is 169 Å². The van der Waals surface area contributed by atoms with Crippen molar-refractivity contribution in [2.75, 3.05) is 26.2 Å². The molecule has 7 heteroatoms. The minimum absolute atomic E-state index is 0.121. The molecule has 1 aliphatic heterocycles. The first kappa shape index (κ1) is 19.2. The fourth-order valence-electron chi connectivity index (χ4n) is 3.69. The number of amides is 3. The van der Waals surface area contributed by atoms with Crippen LogP contribution in [0.1, 0.15) is 34.5 Å². The second-order valence-electron chi connectivity index (χ2n) is 7.81. The highest BCUT2D eigenvalue weighted by Crippen LogP contribution is 2.47. The van der Waals surface area contributed by atoms with Crippen molar-refractivity contribution in [1.82, 2.24) is 15.1 Å². The van der Waals surface area contributed by atoms with Gasteiger partial charge in [-0.05, 0) is 37.5 Å². The first-order chi connectivity index (χ1) is 14.0. The van der Waals surface area contributed by atoms with Gasteiger partial charge in [0.1, 0.15) is 5.41 Å². The first-order valence-corrected chi connectivity index (χ1v) is 9.96. The smallest absolute Gasteiger partial charge is 0.289 e. The third-order valence-electron chi connectivity index (χ3n) is 5.75. The molecule has 1 saturated heterocycles. The molecule has 2 fully saturated rings. The second-order valence-corrected chi connectivity index (χ2v) is 7.81. The van der Waals surface area contributed by atoms with Crippen molar-refractivity contribution >= 4 is 17.7 Å². The fraction of sp³-hybridized carbons (Fsp3) is 0.409. The highest BCUT2D eigenvalue weighted by atomic mass is 16.3. The van der Waals surface area contributed by atoms with E-state index in [1.165, 1.54) is 11.8 Å². The molecule has 1 N–H and O–H groups in total. The molecule has 4 rings (SSSR count). The predicted octanol–water partition coefficient (Wildman–Crippen LogP) is 1.97. The van der Waals surface area contributed by atoms with Gasteiger partial charge in [0, 0.05) is 32.7 Å². The van der Waals surface area contributed by atoms with Gasteiger partial charge < -0.3 is 19.5 Å². The molecule has 2 aliphatic rings. The second kappa shape index (κ2) is 7.73. The third kappa shape index (κ3) is 3.90. The topological polar surface area (TPSA) is 82.9 Å². The maximum Gasteiger partial charge on any atom is 0.289 e. The van der Waals surface area contributed by atoms with Crippen molar-refractivity contribution in [3.05, 3.63) is 59.5 Å². The van der Waals surface area contributed by atoms with E-state index < -0.39 is 5.41 Å². The Morgan fingerprint density at radius 1 is 1.00 bits per heavy atom. The molecule has 152 valence electrons. The van der Waals surface area contributed by atoms with Crippen molar-refractivity contribution in [2.24, 2.45) is 5.41 Å². The van der Waals surface area contributed by atoms with E-state index in [2.05, 4.69) is 5.32 Å². The largest absolute Gasteiger partial charge is 0.459 e. The minimum Gasteiger partial charge on any atom is -0.459 e. The number of rotatable bonds is 5. The van der Waals surface area contributed by atoms with Gasteiger partial charge in [-0.3, -0.25) is 14.4 Å². The summed E-state index contributed by atoms with van der Waals surface area (Å²) in [7, 11) is 0. The Hall–Kier alpha value is -3.09. The molecule has 1 saturated carbocycles. The van der Waals surface area contributed by atoms with Gasteiger partial charge in [-0.2, -0.15) is 0 Å². The number of carbonyl (C=O) groups is 3. The van der Waals surface area contributed by atoms with Crippen LogP contribution in [0, 0.1) is 12.3 Å². The van der Waals surface area contributed by atoms with Crippen LogP contribution in [0.25, 0.3) is 0 Å². The van der Waals surface area contributed by atoms with Crippen LogP contribution in [0.3, 0.4) is 0 Å². The maximum absolute atomic E-state index is 13.0.